The van der Waals surface area contributed by atoms with Crippen LogP contribution >= 0.6 is 11.8 Å². The summed E-state index contributed by atoms with van der Waals surface area (Å²) in [7, 11) is 1.63. The zero-order valence-electron chi connectivity index (χ0n) is 13.8. The van der Waals surface area contributed by atoms with Crippen LogP contribution in [-0.2, 0) is 4.79 Å². The number of aromatic nitrogens is 1. The largest absolute Gasteiger partial charge is 0.497 e. The van der Waals surface area contributed by atoms with E-state index in [0.29, 0.717) is 11.7 Å². The van der Waals surface area contributed by atoms with Crippen molar-refractivity contribution in [3.63, 3.8) is 0 Å². The molecule has 1 N–H and O–H groups in total. The quantitative estimate of drug-likeness (QED) is 0.663. The average Bonchev–Trinajstić information content (AvgIpc) is 3.40. The predicted octanol–water partition coefficient (Wildman–Crippen LogP) is 4.44. The van der Waals surface area contributed by atoms with Gasteiger partial charge in [0.15, 0.2) is 11.5 Å². The van der Waals surface area contributed by atoms with E-state index in [-0.39, 0.29) is 5.91 Å². The third-order valence-electron chi connectivity index (χ3n) is 4.04. The summed E-state index contributed by atoms with van der Waals surface area (Å²) >= 11 is 1.49. The molecule has 0 aliphatic heterocycles. The molecule has 1 heterocycles. The number of nitrogens with zero attached hydrogens (tertiary/aromatic N) is 1. The molecule has 0 spiro atoms. The molecule has 0 saturated heterocycles. The van der Waals surface area contributed by atoms with Crippen molar-refractivity contribution in [3.8, 4) is 5.75 Å². The third-order valence-corrected chi connectivity index (χ3v) is 5.06. The van der Waals surface area contributed by atoms with Gasteiger partial charge in [-0.05, 0) is 55.3 Å². The number of oxazole rings is 1. The van der Waals surface area contributed by atoms with Gasteiger partial charge in [0.2, 0.25) is 5.91 Å². The van der Waals surface area contributed by atoms with Crippen LogP contribution in [0.25, 0.3) is 11.1 Å². The lowest BCUT2D eigenvalue weighted by molar-refractivity contribution is -0.113. The third kappa shape index (κ3) is 3.79. The lowest BCUT2D eigenvalue weighted by Crippen LogP contribution is -2.13. The Kier molecular flexibility index (Phi) is 4.36. The van der Waals surface area contributed by atoms with Gasteiger partial charge >= 0.3 is 0 Å². The normalized spacial score (nSPS) is 13.8. The van der Waals surface area contributed by atoms with Crippen molar-refractivity contribution in [2.75, 3.05) is 18.2 Å². The fraction of sp³-hybridized carbons (Fsp3) is 0.263. The van der Waals surface area contributed by atoms with Gasteiger partial charge in [-0.3, -0.25) is 4.79 Å². The Morgan fingerprint density at radius 3 is 2.80 bits per heavy atom. The number of carbonyl (C=O) groups excluding carboxylic acids is 1. The van der Waals surface area contributed by atoms with E-state index in [1.807, 2.05) is 42.5 Å². The highest BCUT2D eigenvalue weighted by atomic mass is 32.2. The van der Waals surface area contributed by atoms with Crippen LogP contribution in [0.2, 0.25) is 0 Å². The molecule has 6 heteroatoms. The van der Waals surface area contributed by atoms with E-state index < -0.39 is 0 Å². The van der Waals surface area contributed by atoms with Crippen molar-refractivity contribution in [1.29, 1.82) is 0 Å². The first-order valence-corrected chi connectivity index (χ1v) is 9.17. The number of hydrogen-bond donors (Lipinski definition) is 1. The van der Waals surface area contributed by atoms with Crippen molar-refractivity contribution in [2.45, 2.75) is 23.7 Å². The number of benzene rings is 2. The van der Waals surface area contributed by atoms with Gasteiger partial charge in [-0.1, -0.05) is 0 Å². The maximum absolute atomic E-state index is 12.2. The summed E-state index contributed by atoms with van der Waals surface area (Å²) in [5.41, 5.74) is 2.30. The van der Waals surface area contributed by atoms with E-state index in [0.717, 1.165) is 46.2 Å². The van der Waals surface area contributed by atoms with Crippen molar-refractivity contribution in [1.82, 2.24) is 4.98 Å². The van der Waals surface area contributed by atoms with Crippen LogP contribution in [0.5, 0.6) is 5.75 Å². The average molecular weight is 354 g/mol. The molecule has 0 unspecified atom stereocenters. The highest BCUT2D eigenvalue weighted by Crippen LogP contribution is 2.40. The van der Waals surface area contributed by atoms with E-state index in [4.69, 9.17) is 9.15 Å². The summed E-state index contributed by atoms with van der Waals surface area (Å²) in [4.78, 5) is 17.7. The number of methoxy groups -OCH3 is 1. The van der Waals surface area contributed by atoms with E-state index >= 15 is 0 Å². The lowest BCUT2D eigenvalue weighted by atomic mass is 10.3. The lowest BCUT2D eigenvalue weighted by Gasteiger charge is -2.05. The number of thioether (sulfide) groups is 1. The molecular formula is C19H18N2O3S. The van der Waals surface area contributed by atoms with Crippen molar-refractivity contribution < 1.29 is 13.9 Å². The van der Waals surface area contributed by atoms with Crippen LogP contribution in [0.3, 0.4) is 0 Å². The number of carbonyl (C=O) groups is 1. The van der Waals surface area contributed by atoms with E-state index in [2.05, 4.69) is 10.3 Å². The minimum absolute atomic E-state index is 0.0499. The molecule has 0 atom stereocenters. The second-order valence-electron chi connectivity index (χ2n) is 6.02. The van der Waals surface area contributed by atoms with Gasteiger partial charge in [-0.15, -0.1) is 11.8 Å². The molecule has 1 saturated carbocycles. The Morgan fingerprint density at radius 2 is 2.08 bits per heavy atom. The molecule has 1 amide bonds. The second kappa shape index (κ2) is 6.80. The maximum atomic E-state index is 12.2. The molecule has 5 nitrogen and oxygen atoms in total. The van der Waals surface area contributed by atoms with E-state index in [1.54, 1.807) is 7.11 Å². The fourth-order valence-electron chi connectivity index (χ4n) is 2.55. The number of anilines is 1. The molecule has 2 aromatic carbocycles. The molecular weight excluding hydrogens is 336 g/mol. The zero-order chi connectivity index (χ0) is 17.2. The second-order valence-corrected chi connectivity index (χ2v) is 7.07. The summed E-state index contributed by atoms with van der Waals surface area (Å²) in [6, 6.07) is 13.2. The number of amides is 1. The Labute approximate surface area is 149 Å². The maximum Gasteiger partial charge on any atom is 0.234 e. The van der Waals surface area contributed by atoms with Crippen LogP contribution in [0, 0.1) is 0 Å². The topological polar surface area (TPSA) is 64.4 Å². The van der Waals surface area contributed by atoms with Gasteiger partial charge in [0.1, 0.15) is 11.3 Å². The van der Waals surface area contributed by atoms with Gasteiger partial charge in [0.05, 0.1) is 12.9 Å². The molecule has 1 aliphatic rings. The number of rotatable bonds is 6. The summed E-state index contributed by atoms with van der Waals surface area (Å²) in [6.07, 6.45) is 2.30. The minimum atomic E-state index is -0.0499. The first-order valence-electron chi connectivity index (χ1n) is 8.18. The van der Waals surface area contributed by atoms with Gasteiger partial charge in [0.25, 0.3) is 0 Å². The fourth-order valence-corrected chi connectivity index (χ4v) is 3.24. The number of ether oxygens (including phenoxy) is 1. The Balaban J connectivity index is 1.37. The minimum Gasteiger partial charge on any atom is -0.497 e. The highest BCUT2D eigenvalue weighted by Gasteiger charge is 2.28. The van der Waals surface area contributed by atoms with Crippen LogP contribution in [0.4, 0.5) is 5.69 Å². The van der Waals surface area contributed by atoms with Gasteiger partial charge in [0, 0.05) is 16.5 Å². The van der Waals surface area contributed by atoms with Crippen LogP contribution in [-0.4, -0.2) is 23.8 Å². The van der Waals surface area contributed by atoms with Crippen molar-refractivity contribution >= 4 is 34.5 Å². The highest BCUT2D eigenvalue weighted by molar-refractivity contribution is 8.00. The molecule has 4 rings (SSSR count). The summed E-state index contributed by atoms with van der Waals surface area (Å²) < 4.78 is 10.9. The molecule has 0 radical (unpaired) electrons. The summed E-state index contributed by atoms with van der Waals surface area (Å²) in [6.45, 7) is 0. The van der Waals surface area contributed by atoms with Gasteiger partial charge < -0.3 is 14.5 Å². The molecule has 1 fully saturated rings. The van der Waals surface area contributed by atoms with Gasteiger partial charge in [-0.25, -0.2) is 4.98 Å². The van der Waals surface area contributed by atoms with Gasteiger partial charge in [-0.2, -0.15) is 0 Å². The zero-order valence-corrected chi connectivity index (χ0v) is 14.6. The predicted molar refractivity (Wildman–Crippen MR) is 98.3 cm³/mol. The molecule has 0 bridgehead atoms. The number of hydrogen-bond acceptors (Lipinski definition) is 5. The van der Waals surface area contributed by atoms with Crippen LogP contribution < -0.4 is 10.1 Å². The number of fused-ring (bicyclic) bond motifs is 1. The Hall–Kier alpha value is -2.47. The summed E-state index contributed by atoms with van der Waals surface area (Å²) in [5, 5.41) is 2.91. The molecule has 25 heavy (non-hydrogen) atoms. The van der Waals surface area contributed by atoms with Crippen LogP contribution in [0.15, 0.2) is 51.8 Å². The molecule has 1 aliphatic carbocycles. The Morgan fingerprint density at radius 1 is 1.28 bits per heavy atom. The SMILES string of the molecule is COc1ccc(SCC(=O)Nc2ccc3oc(C4CC4)nc3c2)cc1. The molecule has 3 aromatic rings. The Bertz CT molecular complexity index is 901. The number of nitrogens with one attached hydrogen (secondary N) is 1. The molecule has 1 aromatic heterocycles. The van der Waals surface area contributed by atoms with E-state index in [1.165, 1.54) is 11.8 Å². The van der Waals surface area contributed by atoms with Crippen molar-refractivity contribution in [2.24, 2.45) is 0 Å². The van der Waals surface area contributed by atoms with Crippen molar-refractivity contribution in [3.05, 3.63) is 48.4 Å². The first-order chi connectivity index (χ1) is 12.2. The standard InChI is InChI=1S/C19H18N2O3S/c1-23-14-5-7-15(8-6-14)25-11-18(22)20-13-4-9-17-16(10-13)21-19(24-17)12-2-3-12/h4-10,12H,2-3,11H2,1H3,(H,20,22). The van der Waals surface area contributed by atoms with E-state index in [9.17, 15) is 4.79 Å². The smallest absolute Gasteiger partial charge is 0.234 e. The molecule has 128 valence electrons. The first kappa shape index (κ1) is 16.0. The summed E-state index contributed by atoms with van der Waals surface area (Å²) in [5.74, 6) is 2.39. The van der Waals surface area contributed by atoms with Crippen LogP contribution in [0.1, 0.15) is 24.7 Å². The monoisotopic (exact) mass is 354 g/mol.